The van der Waals surface area contributed by atoms with Gasteiger partial charge in [-0.2, -0.15) is 5.10 Å². The van der Waals surface area contributed by atoms with Gasteiger partial charge in [0.1, 0.15) is 11.6 Å². The number of aryl methyl sites for hydroxylation is 2. The summed E-state index contributed by atoms with van der Waals surface area (Å²) in [4.78, 5) is 28.0. The first-order valence-electron chi connectivity index (χ1n) is 15.1. The van der Waals surface area contributed by atoms with E-state index in [1.54, 1.807) is 0 Å². The number of amides is 1. The summed E-state index contributed by atoms with van der Waals surface area (Å²) in [6, 6.07) is 28.7. The van der Waals surface area contributed by atoms with Crippen molar-refractivity contribution in [3.63, 3.8) is 0 Å². The molecule has 1 saturated heterocycles. The summed E-state index contributed by atoms with van der Waals surface area (Å²) in [6.07, 6.45) is 4.90. The first kappa shape index (κ1) is 27.6. The van der Waals surface area contributed by atoms with E-state index >= 15 is 0 Å². The van der Waals surface area contributed by atoms with E-state index in [0.717, 1.165) is 65.6 Å². The average molecular weight is 559 g/mol. The number of fused-ring (bicyclic) bond motifs is 1. The van der Waals surface area contributed by atoms with Gasteiger partial charge >= 0.3 is 0 Å². The second-order valence-corrected chi connectivity index (χ2v) is 11.1. The fraction of sp³-hybridized carbons (Fsp3) is 0.314. The monoisotopic (exact) mass is 558 g/mol. The summed E-state index contributed by atoms with van der Waals surface area (Å²) in [7, 11) is 0. The van der Waals surface area contributed by atoms with Crippen LogP contribution in [0.3, 0.4) is 0 Å². The second-order valence-electron chi connectivity index (χ2n) is 11.1. The van der Waals surface area contributed by atoms with Gasteiger partial charge < -0.3 is 9.80 Å². The minimum absolute atomic E-state index is 0.101. The molecule has 214 valence electrons. The van der Waals surface area contributed by atoms with Gasteiger partial charge in [0.15, 0.2) is 5.65 Å². The highest BCUT2D eigenvalue weighted by atomic mass is 16.2. The van der Waals surface area contributed by atoms with E-state index in [2.05, 4.69) is 48.2 Å². The van der Waals surface area contributed by atoms with Crippen molar-refractivity contribution in [2.75, 3.05) is 31.1 Å². The topological polar surface area (TPSA) is 67.2 Å². The molecule has 1 amide bonds. The van der Waals surface area contributed by atoms with E-state index in [9.17, 15) is 4.79 Å². The Balaban J connectivity index is 1.30. The van der Waals surface area contributed by atoms with Crippen molar-refractivity contribution >= 4 is 22.8 Å². The number of carbonyl (C=O) groups is 1. The zero-order valence-corrected chi connectivity index (χ0v) is 24.5. The molecule has 1 fully saturated rings. The summed E-state index contributed by atoms with van der Waals surface area (Å²) >= 11 is 0. The van der Waals surface area contributed by atoms with Crippen LogP contribution < -0.4 is 4.90 Å². The first-order chi connectivity index (χ1) is 20.6. The quantitative estimate of drug-likeness (QED) is 0.220. The third-order valence-corrected chi connectivity index (χ3v) is 8.04. The fourth-order valence-electron chi connectivity index (χ4n) is 5.75. The molecule has 42 heavy (non-hydrogen) atoms. The van der Waals surface area contributed by atoms with Gasteiger partial charge in [-0.25, -0.2) is 14.6 Å². The molecule has 6 rings (SSSR count). The predicted molar refractivity (Wildman–Crippen MR) is 168 cm³/mol. The largest absolute Gasteiger partial charge is 0.354 e. The standard InChI is InChI=1S/C35H38N6O/c1-3-4-12-27-17-19-29(20-18-27)35(42)40-22-11-21-39(23-24-40)33-32-26(2)38-41(30-15-9-6-10-16-30)34(32)37-31(36-33)25-28-13-7-5-8-14-28/h5-10,13-20H,3-4,11-12,21-25H2,1-2H3. The summed E-state index contributed by atoms with van der Waals surface area (Å²) < 4.78 is 1.93. The van der Waals surface area contributed by atoms with E-state index in [4.69, 9.17) is 15.1 Å². The number of anilines is 1. The molecule has 0 saturated carbocycles. The smallest absolute Gasteiger partial charge is 0.253 e. The molecule has 1 aliphatic heterocycles. The van der Waals surface area contributed by atoms with Crippen LogP contribution in [-0.2, 0) is 12.8 Å². The third kappa shape index (κ3) is 5.91. The number of carbonyl (C=O) groups excluding carboxylic acids is 1. The van der Waals surface area contributed by atoms with Crippen LogP contribution in [0, 0.1) is 6.92 Å². The molecule has 2 aromatic heterocycles. The Morgan fingerprint density at radius 2 is 1.55 bits per heavy atom. The minimum atomic E-state index is 0.101. The number of rotatable bonds is 8. The Morgan fingerprint density at radius 3 is 2.29 bits per heavy atom. The van der Waals surface area contributed by atoms with E-state index in [-0.39, 0.29) is 5.91 Å². The highest BCUT2D eigenvalue weighted by molar-refractivity contribution is 5.94. The Kier molecular flexibility index (Phi) is 8.26. The lowest BCUT2D eigenvalue weighted by atomic mass is 10.1. The molecule has 0 aliphatic carbocycles. The van der Waals surface area contributed by atoms with Gasteiger partial charge in [-0.3, -0.25) is 4.79 Å². The molecule has 7 nitrogen and oxygen atoms in total. The summed E-state index contributed by atoms with van der Waals surface area (Å²) in [6.45, 7) is 7.11. The molecule has 0 bridgehead atoms. The molecule has 7 heteroatoms. The van der Waals surface area contributed by atoms with Gasteiger partial charge in [0.2, 0.25) is 0 Å². The third-order valence-electron chi connectivity index (χ3n) is 8.04. The second kappa shape index (κ2) is 12.6. The van der Waals surface area contributed by atoms with Gasteiger partial charge in [0.05, 0.1) is 16.8 Å². The Bertz CT molecular complexity index is 1650. The van der Waals surface area contributed by atoms with Gasteiger partial charge in [0, 0.05) is 38.2 Å². The lowest BCUT2D eigenvalue weighted by Crippen LogP contribution is -2.35. The highest BCUT2D eigenvalue weighted by Crippen LogP contribution is 2.30. The van der Waals surface area contributed by atoms with Crippen molar-refractivity contribution in [1.82, 2.24) is 24.6 Å². The molecule has 0 unspecified atom stereocenters. The SMILES string of the molecule is CCCCc1ccc(C(=O)N2CCCN(c3nc(Cc4ccccc4)nc4c3c(C)nn4-c3ccccc3)CC2)cc1. The lowest BCUT2D eigenvalue weighted by molar-refractivity contribution is 0.0767. The van der Waals surface area contributed by atoms with Crippen LogP contribution in [0.25, 0.3) is 16.7 Å². The van der Waals surface area contributed by atoms with Crippen molar-refractivity contribution in [2.45, 2.75) is 46.0 Å². The molecule has 1 aliphatic rings. The molecule has 0 spiro atoms. The minimum Gasteiger partial charge on any atom is -0.354 e. The van der Waals surface area contributed by atoms with Crippen molar-refractivity contribution in [2.24, 2.45) is 0 Å². The maximum atomic E-state index is 13.5. The van der Waals surface area contributed by atoms with Crippen LogP contribution in [0.2, 0.25) is 0 Å². The molecule has 3 heterocycles. The predicted octanol–water partition coefficient (Wildman–Crippen LogP) is 6.41. The van der Waals surface area contributed by atoms with Crippen molar-refractivity contribution in [3.05, 3.63) is 113 Å². The zero-order valence-electron chi connectivity index (χ0n) is 24.5. The fourth-order valence-corrected chi connectivity index (χ4v) is 5.75. The summed E-state index contributed by atoms with van der Waals surface area (Å²) in [5.41, 5.74) is 5.91. The maximum absolute atomic E-state index is 13.5. The molecular formula is C35H38N6O. The van der Waals surface area contributed by atoms with Gasteiger partial charge in [-0.1, -0.05) is 74.0 Å². The van der Waals surface area contributed by atoms with Crippen LogP contribution in [0.4, 0.5) is 5.82 Å². The van der Waals surface area contributed by atoms with Crippen molar-refractivity contribution in [1.29, 1.82) is 0 Å². The number of para-hydroxylation sites is 1. The first-order valence-corrected chi connectivity index (χ1v) is 15.1. The van der Waals surface area contributed by atoms with Crippen LogP contribution in [0.1, 0.15) is 59.2 Å². The van der Waals surface area contributed by atoms with Gasteiger partial charge in [-0.15, -0.1) is 0 Å². The average Bonchev–Trinajstić information content (AvgIpc) is 3.19. The number of unbranched alkanes of at least 4 members (excludes halogenated alkanes) is 1. The van der Waals surface area contributed by atoms with E-state index < -0.39 is 0 Å². The summed E-state index contributed by atoms with van der Waals surface area (Å²) in [5.74, 6) is 1.77. The number of hydrogen-bond donors (Lipinski definition) is 0. The molecule has 5 aromatic rings. The van der Waals surface area contributed by atoms with Crippen LogP contribution in [0.5, 0.6) is 0 Å². The molecule has 3 aromatic carbocycles. The molecular weight excluding hydrogens is 520 g/mol. The van der Waals surface area contributed by atoms with E-state index in [1.165, 1.54) is 24.0 Å². The number of hydrogen-bond acceptors (Lipinski definition) is 5. The zero-order chi connectivity index (χ0) is 28.9. The van der Waals surface area contributed by atoms with E-state index in [0.29, 0.717) is 19.5 Å². The maximum Gasteiger partial charge on any atom is 0.253 e. The Morgan fingerprint density at radius 1 is 0.810 bits per heavy atom. The molecule has 0 N–H and O–H groups in total. The summed E-state index contributed by atoms with van der Waals surface area (Å²) in [5, 5.41) is 5.89. The number of aromatic nitrogens is 4. The van der Waals surface area contributed by atoms with Crippen LogP contribution >= 0.6 is 0 Å². The Hall–Kier alpha value is -4.52. The van der Waals surface area contributed by atoms with Gasteiger partial charge in [0.25, 0.3) is 5.91 Å². The van der Waals surface area contributed by atoms with Crippen molar-refractivity contribution < 1.29 is 4.79 Å². The molecule has 0 radical (unpaired) electrons. The van der Waals surface area contributed by atoms with Crippen LogP contribution in [-0.4, -0.2) is 56.7 Å². The molecule has 0 atom stereocenters. The van der Waals surface area contributed by atoms with Gasteiger partial charge in [-0.05, 0) is 61.6 Å². The number of nitrogens with zero attached hydrogens (tertiary/aromatic N) is 6. The van der Waals surface area contributed by atoms with E-state index in [1.807, 2.05) is 65.0 Å². The van der Waals surface area contributed by atoms with Crippen LogP contribution in [0.15, 0.2) is 84.9 Å². The highest BCUT2D eigenvalue weighted by Gasteiger charge is 2.25. The lowest BCUT2D eigenvalue weighted by Gasteiger charge is -2.24. The Labute approximate surface area is 247 Å². The normalized spacial score (nSPS) is 13.9. The number of benzene rings is 3. The van der Waals surface area contributed by atoms with Crippen molar-refractivity contribution in [3.8, 4) is 5.69 Å².